The Hall–Kier alpha value is -2.77. The molecule has 1 saturated carbocycles. The van der Waals surface area contributed by atoms with E-state index in [0.29, 0.717) is 47.5 Å². The van der Waals surface area contributed by atoms with Gasteiger partial charge in [-0.25, -0.2) is 0 Å². The first-order valence-electron chi connectivity index (χ1n) is 10.4. The molecule has 8 heteroatoms. The van der Waals surface area contributed by atoms with Crippen molar-refractivity contribution in [2.75, 3.05) is 27.9 Å². The van der Waals surface area contributed by atoms with Gasteiger partial charge in [-0.15, -0.1) is 0 Å². The summed E-state index contributed by atoms with van der Waals surface area (Å²) in [5, 5.41) is 4.10. The zero-order valence-electron chi connectivity index (χ0n) is 18.4. The molecule has 0 aliphatic heterocycles. The summed E-state index contributed by atoms with van der Waals surface area (Å²) in [4.78, 5) is 19.3. The number of nitrogens with zero attached hydrogens (tertiary/aromatic N) is 3. The van der Waals surface area contributed by atoms with Crippen LogP contribution < -0.4 is 14.2 Å². The Balaban J connectivity index is 1.73. The molecular formula is C22H31N3O5. The maximum atomic E-state index is 12.9. The fourth-order valence-corrected chi connectivity index (χ4v) is 3.93. The molecule has 0 spiro atoms. The van der Waals surface area contributed by atoms with Crippen molar-refractivity contribution in [3.05, 3.63) is 18.0 Å². The van der Waals surface area contributed by atoms with Crippen LogP contribution in [0.25, 0.3) is 11.4 Å². The van der Waals surface area contributed by atoms with Crippen LogP contribution >= 0.6 is 0 Å². The second-order valence-electron chi connectivity index (χ2n) is 7.78. The second-order valence-corrected chi connectivity index (χ2v) is 7.78. The fourth-order valence-electron chi connectivity index (χ4n) is 3.93. The van der Waals surface area contributed by atoms with E-state index in [-0.39, 0.29) is 17.9 Å². The minimum atomic E-state index is 0.135. The van der Waals surface area contributed by atoms with Gasteiger partial charge in [0.05, 0.1) is 21.3 Å². The van der Waals surface area contributed by atoms with Gasteiger partial charge < -0.3 is 23.6 Å². The van der Waals surface area contributed by atoms with Crippen molar-refractivity contribution in [2.24, 2.45) is 5.92 Å². The van der Waals surface area contributed by atoms with E-state index < -0.39 is 0 Å². The van der Waals surface area contributed by atoms with Crippen molar-refractivity contribution in [3.8, 4) is 28.6 Å². The molecule has 1 aliphatic rings. The molecule has 8 nitrogen and oxygen atoms in total. The summed E-state index contributed by atoms with van der Waals surface area (Å²) in [6.45, 7) is 4.65. The number of benzene rings is 1. The molecule has 1 aromatic heterocycles. The molecule has 2 aromatic rings. The third kappa shape index (κ3) is 4.68. The largest absolute Gasteiger partial charge is 0.493 e. The number of methoxy groups -OCH3 is 3. The molecule has 30 heavy (non-hydrogen) atoms. The Morgan fingerprint density at radius 2 is 1.77 bits per heavy atom. The van der Waals surface area contributed by atoms with E-state index in [1.807, 2.05) is 18.7 Å². The van der Waals surface area contributed by atoms with E-state index >= 15 is 0 Å². The van der Waals surface area contributed by atoms with Crippen LogP contribution in [0.4, 0.5) is 0 Å². The standard InChI is InChI=1S/C22H31N3O5/c1-14(2)25(22(26)15-8-6-7-9-15)11-10-19-23-21(24-30-19)16-12-17(27-3)20(29-5)18(13-16)28-4/h12-15H,6-11H2,1-5H3. The Kier molecular flexibility index (Phi) is 7.18. The Morgan fingerprint density at radius 1 is 1.13 bits per heavy atom. The van der Waals surface area contributed by atoms with Crippen molar-refractivity contribution < 1.29 is 23.5 Å². The molecule has 3 rings (SSSR count). The zero-order chi connectivity index (χ0) is 21.7. The van der Waals surface area contributed by atoms with Gasteiger partial charge in [-0.2, -0.15) is 4.98 Å². The highest BCUT2D eigenvalue weighted by atomic mass is 16.5. The average molecular weight is 418 g/mol. The maximum absolute atomic E-state index is 12.9. The highest BCUT2D eigenvalue weighted by molar-refractivity contribution is 5.79. The molecule has 1 aliphatic carbocycles. The van der Waals surface area contributed by atoms with Crippen LogP contribution in [-0.2, 0) is 11.2 Å². The first-order valence-corrected chi connectivity index (χ1v) is 10.4. The quantitative estimate of drug-likeness (QED) is 0.614. The van der Waals surface area contributed by atoms with Gasteiger partial charge in [-0.3, -0.25) is 4.79 Å². The fraction of sp³-hybridized carbons (Fsp3) is 0.591. The van der Waals surface area contributed by atoms with Gasteiger partial charge in [-0.1, -0.05) is 18.0 Å². The Labute approximate surface area is 177 Å². The van der Waals surface area contributed by atoms with E-state index in [2.05, 4.69) is 10.1 Å². The molecular weight excluding hydrogens is 386 g/mol. The van der Waals surface area contributed by atoms with Crippen LogP contribution in [0.2, 0.25) is 0 Å². The van der Waals surface area contributed by atoms with Gasteiger partial charge in [0.15, 0.2) is 11.5 Å². The van der Waals surface area contributed by atoms with E-state index in [0.717, 1.165) is 25.7 Å². The number of amides is 1. The second kappa shape index (κ2) is 9.82. The van der Waals surface area contributed by atoms with E-state index in [1.165, 1.54) is 0 Å². The van der Waals surface area contributed by atoms with Gasteiger partial charge >= 0.3 is 0 Å². The average Bonchev–Trinajstić information content (AvgIpc) is 3.44. The van der Waals surface area contributed by atoms with E-state index in [1.54, 1.807) is 33.5 Å². The smallest absolute Gasteiger partial charge is 0.228 e. The molecule has 1 amide bonds. The van der Waals surface area contributed by atoms with Crippen LogP contribution in [-0.4, -0.2) is 54.9 Å². The van der Waals surface area contributed by atoms with E-state index in [9.17, 15) is 4.79 Å². The molecule has 0 atom stereocenters. The van der Waals surface area contributed by atoms with Crippen LogP contribution in [0.15, 0.2) is 16.7 Å². The number of carbonyl (C=O) groups excluding carboxylic acids is 1. The lowest BCUT2D eigenvalue weighted by molar-refractivity contribution is -0.137. The SMILES string of the molecule is COc1cc(-c2noc(CCN(C(=O)C3CCCC3)C(C)C)n2)cc(OC)c1OC. The third-order valence-electron chi connectivity index (χ3n) is 5.57. The number of hydrogen-bond acceptors (Lipinski definition) is 7. The summed E-state index contributed by atoms with van der Waals surface area (Å²) >= 11 is 0. The molecule has 1 fully saturated rings. The molecule has 1 heterocycles. The van der Waals surface area contributed by atoms with Crippen molar-refractivity contribution in [3.63, 3.8) is 0 Å². The number of ether oxygens (including phenoxy) is 3. The first kappa shape index (κ1) is 21.9. The highest BCUT2D eigenvalue weighted by Gasteiger charge is 2.29. The molecule has 0 N–H and O–H groups in total. The predicted molar refractivity (Wildman–Crippen MR) is 112 cm³/mol. The molecule has 0 saturated heterocycles. The summed E-state index contributed by atoms with van der Waals surface area (Å²) in [6.07, 6.45) is 4.78. The topological polar surface area (TPSA) is 86.9 Å². The number of aromatic nitrogens is 2. The van der Waals surface area contributed by atoms with Gasteiger partial charge in [0.25, 0.3) is 0 Å². The van der Waals surface area contributed by atoms with E-state index in [4.69, 9.17) is 18.7 Å². The van der Waals surface area contributed by atoms with Crippen LogP contribution in [0.5, 0.6) is 17.2 Å². The lowest BCUT2D eigenvalue weighted by Crippen LogP contribution is -2.41. The molecule has 164 valence electrons. The van der Waals surface area contributed by atoms with Gasteiger partial charge in [0.2, 0.25) is 23.4 Å². The van der Waals surface area contributed by atoms with Crippen LogP contribution in [0.3, 0.4) is 0 Å². The van der Waals surface area contributed by atoms with Crippen molar-refractivity contribution >= 4 is 5.91 Å². The summed E-state index contributed by atoms with van der Waals surface area (Å²) in [6, 6.07) is 3.69. The lowest BCUT2D eigenvalue weighted by atomic mass is 10.1. The lowest BCUT2D eigenvalue weighted by Gasteiger charge is -2.29. The number of hydrogen-bond donors (Lipinski definition) is 0. The first-order chi connectivity index (χ1) is 14.5. The molecule has 0 bridgehead atoms. The normalized spacial score (nSPS) is 14.2. The monoisotopic (exact) mass is 417 g/mol. The maximum Gasteiger partial charge on any atom is 0.228 e. The predicted octanol–water partition coefficient (Wildman–Crippen LogP) is 3.73. The molecule has 1 aromatic carbocycles. The molecule has 0 unspecified atom stereocenters. The van der Waals surface area contributed by atoms with Crippen molar-refractivity contribution in [2.45, 2.75) is 52.0 Å². The Bertz CT molecular complexity index is 833. The minimum Gasteiger partial charge on any atom is -0.493 e. The summed E-state index contributed by atoms with van der Waals surface area (Å²) in [5.41, 5.74) is 0.697. The molecule has 0 radical (unpaired) electrons. The number of carbonyl (C=O) groups is 1. The van der Waals surface area contributed by atoms with Crippen molar-refractivity contribution in [1.82, 2.24) is 15.0 Å². The zero-order valence-corrected chi connectivity index (χ0v) is 18.4. The van der Waals surface area contributed by atoms with Crippen LogP contribution in [0.1, 0.15) is 45.4 Å². The summed E-state index contributed by atoms with van der Waals surface area (Å²) in [5.74, 6) is 2.87. The number of rotatable bonds is 9. The van der Waals surface area contributed by atoms with Crippen LogP contribution in [0, 0.1) is 5.92 Å². The minimum absolute atomic E-state index is 0.135. The summed E-state index contributed by atoms with van der Waals surface area (Å²) in [7, 11) is 4.68. The van der Waals surface area contributed by atoms with Gasteiger partial charge in [0, 0.05) is 30.5 Å². The Morgan fingerprint density at radius 3 is 2.30 bits per heavy atom. The van der Waals surface area contributed by atoms with Crippen molar-refractivity contribution in [1.29, 1.82) is 0 Å². The van der Waals surface area contributed by atoms with Gasteiger partial charge in [-0.05, 0) is 38.8 Å². The highest BCUT2D eigenvalue weighted by Crippen LogP contribution is 2.40. The van der Waals surface area contributed by atoms with Gasteiger partial charge in [0.1, 0.15) is 0 Å². The third-order valence-corrected chi connectivity index (χ3v) is 5.57. The summed E-state index contributed by atoms with van der Waals surface area (Å²) < 4.78 is 21.6.